The maximum absolute atomic E-state index is 12.6. The number of alkyl halides is 1. The molecule has 4 nitrogen and oxygen atoms in total. The van der Waals surface area contributed by atoms with Crippen LogP contribution in [0.5, 0.6) is 0 Å². The number of hydrogen-bond donors (Lipinski definition) is 0. The molecule has 1 aromatic rings. The Labute approximate surface area is 133 Å². The quantitative estimate of drug-likeness (QED) is 0.777. The Morgan fingerprint density at radius 2 is 2.05 bits per heavy atom. The van der Waals surface area contributed by atoms with Gasteiger partial charge in [-0.15, -0.1) is 11.6 Å². The van der Waals surface area contributed by atoms with Crippen molar-refractivity contribution in [3.8, 4) is 0 Å². The Bertz CT molecular complexity index is 606. The summed E-state index contributed by atoms with van der Waals surface area (Å²) in [5, 5.41) is 0.463. The Hall–Kier alpha value is -0.0400. The summed E-state index contributed by atoms with van der Waals surface area (Å²) < 4.78 is 31.7. The minimum Gasteiger partial charge on any atom is -0.380 e. The van der Waals surface area contributed by atoms with Crippen molar-refractivity contribution in [2.45, 2.75) is 23.3 Å². The van der Waals surface area contributed by atoms with Crippen LogP contribution in [0.3, 0.4) is 0 Å². The third-order valence-electron chi connectivity index (χ3n) is 3.30. The molecule has 0 N–H and O–H groups in total. The van der Waals surface area contributed by atoms with Gasteiger partial charge in [-0.3, -0.25) is 0 Å². The number of sulfonamides is 1. The van der Waals surface area contributed by atoms with Crippen molar-refractivity contribution in [3.05, 3.63) is 27.7 Å². The zero-order chi connectivity index (χ0) is 14.9. The van der Waals surface area contributed by atoms with E-state index in [1.165, 1.54) is 16.4 Å². The van der Waals surface area contributed by atoms with Crippen molar-refractivity contribution in [2.24, 2.45) is 0 Å². The van der Waals surface area contributed by atoms with E-state index in [9.17, 15) is 8.42 Å². The molecule has 0 spiro atoms. The number of nitrogens with zero attached hydrogens (tertiary/aromatic N) is 1. The van der Waals surface area contributed by atoms with E-state index in [4.69, 9.17) is 39.5 Å². The first-order chi connectivity index (χ1) is 9.40. The lowest BCUT2D eigenvalue weighted by Crippen LogP contribution is -2.30. The highest BCUT2D eigenvalue weighted by atomic mass is 35.5. The van der Waals surface area contributed by atoms with Gasteiger partial charge < -0.3 is 4.74 Å². The smallest absolute Gasteiger partial charge is 0.244 e. The second-order valence-electron chi connectivity index (χ2n) is 4.52. The zero-order valence-corrected chi connectivity index (χ0v) is 13.9. The Morgan fingerprint density at radius 3 is 2.60 bits per heavy atom. The van der Waals surface area contributed by atoms with E-state index in [1.807, 2.05) is 0 Å². The molecule has 1 fully saturated rings. The monoisotopic (exact) mass is 357 g/mol. The van der Waals surface area contributed by atoms with Gasteiger partial charge in [0.1, 0.15) is 4.90 Å². The highest BCUT2D eigenvalue weighted by Gasteiger charge is 2.34. The minimum atomic E-state index is -3.66. The summed E-state index contributed by atoms with van der Waals surface area (Å²) in [6.07, 6.45) is 0.590. The van der Waals surface area contributed by atoms with Crippen LogP contribution < -0.4 is 0 Å². The molecule has 112 valence electrons. The van der Waals surface area contributed by atoms with Crippen LogP contribution in [-0.2, 0) is 20.6 Å². The summed E-state index contributed by atoms with van der Waals surface area (Å²) in [5.74, 6) is 0.124. The van der Waals surface area contributed by atoms with Crippen LogP contribution >= 0.6 is 34.8 Å². The average Bonchev–Trinajstić information content (AvgIpc) is 2.88. The fourth-order valence-corrected chi connectivity index (χ4v) is 4.73. The SMILES string of the molecule is COC1CCN(S(=O)(=O)c2cc(CCl)c(Cl)cc2Cl)C1. The maximum Gasteiger partial charge on any atom is 0.244 e. The summed E-state index contributed by atoms with van der Waals surface area (Å²) in [5.41, 5.74) is 0.541. The molecule has 2 rings (SSSR count). The summed E-state index contributed by atoms with van der Waals surface area (Å²) in [6.45, 7) is 0.740. The van der Waals surface area contributed by atoms with Gasteiger partial charge in [-0.1, -0.05) is 23.2 Å². The standard InChI is InChI=1S/C12H14Cl3NO3S/c1-19-9-2-3-16(7-9)20(17,18)12-4-8(6-13)10(14)5-11(12)15/h4-5,9H,2-3,6-7H2,1H3. The number of halogens is 3. The highest BCUT2D eigenvalue weighted by molar-refractivity contribution is 7.89. The third kappa shape index (κ3) is 3.08. The van der Waals surface area contributed by atoms with Crippen LogP contribution in [0.1, 0.15) is 12.0 Å². The number of rotatable bonds is 4. The van der Waals surface area contributed by atoms with E-state index in [-0.39, 0.29) is 21.9 Å². The van der Waals surface area contributed by atoms with Crippen LogP contribution in [-0.4, -0.2) is 39.0 Å². The number of benzene rings is 1. The molecule has 1 aromatic carbocycles. The van der Waals surface area contributed by atoms with Gasteiger partial charge in [0, 0.05) is 31.1 Å². The Kier molecular flexibility index (Phi) is 5.21. The number of hydrogen-bond acceptors (Lipinski definition) is 3. The predicted molar refractivity (Wildman–Crippen MR) is 80.2 cm³/mol. The van der Waals surface area contributed by atoms with Gasteiger partial charge >= 0.3 is 0 Å². The fourth-order valence-electron chi connectivity index (χ4n) is 2.12. The summed E-state index contributed by atoms with van der Waals surface area (Å²) in [4.78, 5) is 0.0379. The van der Waals surface area contributed by atoms with Crippen molar-refractivity contribution in [2.75, 3.05) is 20.2 Å². The molecular weight excluding hydrogens is 345 g/mol. The fraction of sp³-hybridized carbons (Fsp3) is 0.500. The van der Waals surface area contributed by atoms with E-state index in [2.05, 4.69) is 0 Å². The van der Waals surface area contributed by atoms with E-state index in [0.29, 0.717) is 30.1 Å². The summed E-state index contributed by atoms with van der Waals surface area (Å²) >= 11 is 17.7. The third-order valence-corrected chi connectivity index (χ3v) is 6.27. The van der Waals surface area contributed by atoms with Gasteiger partial charge in [-0.2, -0.15) is 4.31 Å². The largest absolute Gasteiger partial charge is 0.380 e. The summed E-state index contributed by atoms with van der Waals surface area (Å²) in [7, 11) is -2.09. The van der Waals surface area contributed by atoms with Crippen molar-refractivity contribution in [1.29, 1.82) is 0 Å². The second kappa shape index (κ2) is 6.38. The lowest BCUT2D eigenvalue weighted by molar-refractivity contribution is 0.115. The molecule has 0 aromatic heterocycles. The Morgan fingerprint density at radius 1 is 1.35 bits per heavy atom. The minimum absolute atomic E-state index is 0.0379. The van der Waals surface area contributed by atoms with Gasteiger partial charge in [0.15, 0.2) is 0 Å². The molecule has 0 bridgehead atoms. The van der Waals surface area contributed by atoms with E-state index >= 15 is 0 Å². The maximum atomic E-state index is 12.6. The molecule has 0 amide bonds. The van der Waals surface area contributed by atoms with Crippen molar-refractivity contribution >= 4 is 44.8 Å². The average molecular weight is 359 g/mol. The molecule has 1 atom stereocenters. The summed E-state index contributed by atoms with van der Waals surface area (Å²) in [6, 6.07) is 2.85. The first-order valence-corrected chi connectivity index (χ1v) is 8.70. The lowest BCUT2D eigenvalue weighted by atomic mass is 10.2. The van der Waals surface area contributed by atoms with Gasteiger partial charge in [0.25, 0.3) is 0 Å². The van der Waals surface area contributed by atoms with Crippen LogP contribution in [0, 0.1) is 0 Å². The highest BCUT2D eigenvalue weighted by Crippen LogP contribution is 2.32. The van der Waals surface area contributed by atoms with E-state index in [0.717, 1.165) is 0 Å². The van der Waals surface area contributed by atoms with Crippen LogP contribution in [0.4, 0.5) is 0 Å². The van der Waals surface area contributed by atoms with Crippen molar-refractivity contribution in [1.82, 2.24) is 4.31 Å². The van der Waals surface area contributed by atoms with Crippen molar-refractivity contribution < 1.29 is 13.2 Å². The van der Waals surface area contributed by atoms with Gasteiger partial charge in [-0.25, -0.2) is 8.42 Å². The molecule has 0 aliphatic carbocycles. The molecule has 20 heavy (non-hydrogen) atoms. The van der Waals surface area contributed by atoms with Crippen LogP contribution in [0.25, 0.3) is 0 Å². The topological polar surface area (TPSA) is 46.6 Å². The predicted octanol–water partition coefficient (Wildman–Crippen LogP) is 3.14. The van der Waals surface area contributed by atoms with Gasteiger partial charge in [0.05, 0.1) is 11.1 Å². The molecule has 8 heteroatoms. The molecule has 0 radical (unpaired) electrons. The first kappa shape index (κ1) is 16.3. The molecular formula is C12H14Cl3NO3S. The van der Waals surface area contributed by atoms with Gasteiger partial charge in [-0.05, 0) is 24.1 Å². The zero-order valence-electron chi connectivity index (χ0n) is 10.8. The van der Waals surface area contributed by atoms with Crippen LogP contribution in [0.2, 0.25) is 10.0 Å². The Balaban J connectivity index is 2.40. The van der Waals surface area contributed by atoms with Crippen molar-refractivity contribution in [3.63, 3.8) is 0 Å². The molecule has 1 aliphatic rings. The molecule has 1 unspecified atom stereocenters. The molecule has 0 saturated carbocycles. The van der Waals surface area contributed by atoms with E-state index in [1.54, 1.807) is 7.11 Å². The van der Waals surface area contributed by atoms with Gasteiger partial charge in [0.2, 0.25) is 10.0 Å². The molecule has 1 saturated heterocycles. The molecule has 1 aliphatic heterocycles. The van der Waals surface area contributed by atoms with Crippen LogP contribution in [0.15, 0.2) is 17.0 Å². The molecule has 1 heterocycles. The van der Waals surface area contributed by atoms with E-state index < -0.39 is 10.0 Å². The first-order valence-electron chi connectivity index (χ1n) is 5.97. The number of methoxy groups -OCH3 is 1. The number of ether oxygens (including phenoxy) is 1. The lowest BCUT2D eigenvalue weighted by Gasteiger charge is -2.18. The second-order valence-corrected chi connectivity index (χ2v) is 7.51. The normalized spacial score (nSPS) is 20.5.